The molecule has 0 aliphatic carbocycles. The monoisotopic (exact) mass is 439 g/mol. The maximum Gasteiger partial charge on any atom is 0.322 e. The van der Waals surface area contributed by atoms with Crippen LogP contribution in [0.4, 0.5) is 10.5 Å². The Morgan fingerprint density at radius 3 is 2.48 bits per heavy atom. The Balaban J connectivity index is 1.58. The van der Waals surface area contributed by atoms with Crippen LogP contribution in [0.5, 0.6) is 5.75 Å². The van der Waals surface area contributed by atoms with Gasteiger partial charge in [0.05, 0.1) is 13.2 Å². The summed E-state index contributed by atoms with van der Waals surface area (Å²) in [6.45, 7) is 6.80. The van der Waals surface area contributed by atoms with Crippen LogP contribution >= 0.6 is 0 Å². The number of aryl methyl sites for hydroxylation is 3. The Morgan fingerprint density at radius 1 is 1.00 bits per heavy atom. The number of urea groups is 1. The van der Waals surface area contributed by atoms with Crippen molar-refractivity contribution in [1.29, 1.82) is 0 Å². The highest BCUT2D eigenvalue weighted by Crippen LogP contribution is 2.39. The smallest absolute Gasteiger partial charge is 0.322 e. The summed E-state index contributed by atoms with van der Waals surface area (Å²) in [7, 11) is 1.69. The molecule has 5 nitrogen and oxygen atoms in total. The van der Waals surface area contributed by atoms with Gasteiger partial charge in [0.1, 0.15) is 5.75 Å². The standard InChI is InChI=1S/C28H29N3O2/c1-17-5-8-20(9-6-17)27-26-22(23-16-21(33-4)10-12-25(23)29-26)13-14-31(27)28(32)30-24-11-7-18(2)15-19(24)3/h5-12,15-16,27,29H,13-14H2,1-4H3,(H,30,32)/t27-/m0/s1. The normalized spacial score (nSPS) is 15.4. The number of anilines is 1. The molecule has 1 aliphatic rings. The molecule has 2 N–H and O–H groups in total. The molecule has 1 atom stereocenters. The Labute approximate surface area is 194 Å². The van der Waals surface area contributed by atoms with Gasteiger partial charge >= 0.3 is 6.03 Å². The lowest BCUT2D eigenvalue weighted by Crippen LogP contribution is -2.43. The van der Waals surface area contributed by atoms with E-state index in [4.69, 9.17) is 4.74 Å². The number of rotatable bonds is 3. The quantitative estimate of drug-likeness (QED) is 0.395. The molecule has 0 saturated carbocycles. The number of carbonyl (C=O) groups excluding carboxylic acids is 1. The van der Waals surface area contributed by atoms with Crippen LogP contribution in [0.2, 0.25) is 0 Å². The van der Waals surface area contributed by atoms with Crippen LogP contribution in [-0.4, -0.2) is 29.6 Å². The zero-order valence-electron chi connectivity index (χ0n) is 19.5. The minimum atomic E-state index is -0.196. The number of hydrogen-bond donors (Lipinski definition) is 2. The molecule has 168 valence electrons. The molecule has 2 amide bonds. The summed E-state index contributed by atoms with van der Waals surface area (Å²) in [6, 6.07) is 20.4. The molecule has 0 fully saturated rings. The van der Waals surface area contributed by atoms with E-state index in [0.717, 1.165) is 45.6 Å². The third-order valence-corrected chi connectivity index (χ3v) is 6.61. The highest BCUT2D eigenvalue weighted by Gasteiger charge is 2.34. The van der Waals surface area contributed by atoms with Crippen molar-refractivity contribution in [3.63, 3.8) is 0 Å². The lowest BCUT2D eigenvalue weighted by Gasteiger charge is -2.36. The van der Waals surface area contributed by atoms with Gasteiger partial charge in [-0.2, -0.15) is 0 Å². The fourth-order valence-corrected chi connectivity index (χ4v) is 4.85. The van der Waals surface area contributed by atoms with Gasteiger partial charge in [0.25, 0.3) is 0 Å². The van der Waals surface area contributed by atoms with Crippen molar-refractivity contribution < 1.29 is 9.53 Å². The van der Waals surface area contributed by atoms with Crippen molar-refractivity contribution >= 4 is 22.6 Å². The lowest BCUT2D eigenvalue weighted by molar-refractivity contribution is 0.193. The molecule has 3 aromatic carbocycles. The SMILES string of the molecule is COc1ccc2[nH]c3c(c2c1)CCN(C(=O)Nc1ccc(C)cc1C)[C@H]3c1ccc(C)cc1. The average molecular weight is 440 g/mol. The molecule has 0 saturated heterocycles. The van der Waals surface area contributed by atoms with E-state index >= 15 is 0 Å². The molecule has 2 heterocycles. The van der Waals surface area contributed by atoms with Crippen molar-refractivity contribution in [2.45, 2.75) is 33.2 Å². The van der Waals surface area contributed by atoms with Gasteiger partial charge in [0.2, 0.25) is 0 Å². The van der Waals surface area contributed by atoms with Gasteiger partial charge in [-0.1, -0.05) is 47.5 Å². The van der Waals surface area contributed by atoms with Crippen molar-refractivity contribution in [3.05, 3.63) is 94.2 Å². The van der Waals surface area contributed by atoms with Gasteiger partial charge in [-0.05, 0) is 68.1 Å². The predicted molar refractivity (Wildman–Crippen MR) is 133 cm³/mol. The van der Waals surface area contributed by atoms with Gasteiger partial charge < -0.3 is 19.9 Å². The largest absolute Gasteiger partial charge is 0.497 e. The van der Waals surface area contributed by atoms with Crippen molar-refractivity contribution in [1.82, 2.24) is 9.88 Å². The summed E-state index contributed by atoms with van der Waals surface area (Å²) >= 11 is 0. The van der Waals surface area contributed by atoms with Crippen LogP contribution in [0.25, 0.3) is 10.9 Å². The molecule has 0 bridgehead atoms. The van der Waals surface area contributed by atoms with Crippen LogP contribution in [0.15, 0.2) is 60.7 Å². The molecule has 4 aromatic rings. The zero-order chi connectivity index (χ0) is 23.1. The Kier molecular flexibility index (Phi) is 5.33. The number of methoxy groups -OCH3 is 1. The van der Waals surface area contributed by atoms with Gasteiger partial charge in [-0.15, -0.1) is 0 Å². The van der Waals surface area contributed by atoms with E-state index in [9.17, 15) is 4.79 Å². The molecule has 1 aliphatic heterocycles. The number of nitrogens with one attached hydrogen (secondary N) is 2. The van der Waals surface area contributed by atoms with E-state index in [1.807, 2.05) is 30.0 Å². The lowest BCUT2D eigenvalue weighted by atomic mass is 9.92. The third kappa shape index (κ3) is 3.84. The van der Waals surface area contributed by atoms with E-state index in [-0.39, 0.29) is 12.1 Å². The van der Waals surface area contributed by atoms with Gasteiger partial charge in [-0.3, -0.25) is 0 Å². The van der Waals surface area contributed by atoms with Gasteiger partial charge in [0.15, 0.2) is 0 Å². The summed E-state index contributed by atoms with van der Waals surface area (Å²) in [5.74, 6) is 0.839. The van der Waals surface area contributed by atoms with E-state index in [2.05, 4.69) is 66.6 Å². The molecular formula is C28H29N3O2. The first-order chi connectivity index (χ1) is 15.9. The topological polar surface area (TPSA) is 57.4 Å². The Bertz CT molecular complexity index is 1340. The van der Waals surface area contributed by atoms with Crippen LogP contribution in [0.1, 0.15) is 39.6 Å². The summed E-state index contributed by atoms with van der Waals surface area (Å²) in [6.07, 6.45) is 0.783. The van der Waals surface area contributed by atoms with E-state index in [1.165, 1.54) is 16.7 Å². The molecule has 5 rings (SSSR count). The highest BCUT2D eigenvalue weighted by atomic mass is 16.5. The van der Waals surface area contributed by atoms with E-state index in [0.29, 0.717) is 6.54 Å². The number of carbonyl (C=O) groups is 1. The van der Waals surface area contributed by atoms with Gasteiger partial charge in [-0.25, -0.2) is 4.79 Å². The number of hydrogen-bond acceptors (Lipinski definition) is 2. The second-order valence-corrected chi connectivity index (χ2v) is 8.93. The molecule has 0 spiro atoms. The van der Waals surface area contributed by atoms with Crippen molar-refractivity contribution in [2.24, 2.45) is 0 Å². The Morgan fingerprint density at radius 2 is 1.76 bits per heavy atom. The van der Waals surface area contributed by atoms with E-state index in [1.54, 1.807) is 7.11 Å². The van der Waals surface area contributed by atoms with Crippen LogP contribution < -0.4 is 10.1 Å². The number of nitrogens with zero attached hydrogens (tertiary/aromatic N) is 1. The second-order valence-electron chi connectivity index (χ2n) is 8.93. The van der Waals surface area contributed by atoms with Crippen molar-refractivity contribution in [3.8, 4) is 5.75 Å². The number of H-pyrrole nitrogens is 1. The number of aromatic amines is 1. The first-order valence-corrected chi connectivity index (χ1v) is 11.3. The van der Waals surface area contributed by atoms with Crippen LogP contribution in [-0.2, 0) is 6.42 Å². The average Bonchev–Trinajstić information content (AvgIpc) is 3.18. The third-order valence-electron chi connectivity index (χ3n) is 6.61. The van der Waals surface area contributed by atoms with Gasteiger partial charge in [0, 0.05) is 28.8 Å². The highest BCUT2D eigenvalue weighted by molar-refractivity contribution is 5.92. The van der Waals surface area contributed by atoms with Crippen molar-refractivity contribution in [2.75, 3.05) is 19.0 Å². The maximum atomic E-state index is 13.6. The fraction of sp³-hybridized carbons (Fsp3) is 0.250. The predicted octanol–water partition coefficient (Wildman–Crippen LogP) is 6.28. The minimum absolute atomic E-state index is 0.0885. The molecule has 0 radical (unpaired) electrons. The Hall–Kier alpha value is -3.73. The number of amides is 2. The minimum Gasteiger partial charge on any atom is -0.497 e. The van der Waals surface area contributed by atoms with Crippen LogP contribution in [0, 0.1) is 20.8 Å². The summed E-state index contributed by atoms with van der Waals surface area (Å²) in [5.41, 5.74) is 8.77. The van der Waals surface area contributed by atoms with Crippen LogP contribution in [0.3, 0.4) is 0 Å². The number of ether oxygens (including phenoxy) is 1. The first kappa shape index (κ1) is 21.1. The molecule has 33 heavy (non-hydrogen) atoms. The summed E-state index contributed by atoms with van der Waals surface area (Å²) in [4.78, 5) is 19.1. The molecular weight excluding hydrogens is 410 g/mol. The number of aromatic nitrogens is 1. The fourth-order valence-electron chi connectivity index (χ4n) is 4.85. The molecule has 1 aromatic heterocycles. The molecule has 0 unspecified atom stereocenters. The first-order valence-electron chi connectivity index (χ1n) is 11.3. The number of benzene rings is 3. The second kappa shape index (κ2) is 8.32. The summed E-state index contributed by atoms with van der Waals surface area (Å²) in [5, 5.41) is 4.32. The summed E-state index contributed by atoms with van der Waals surface area (Å²) < 4.78 is 5.46. The zero-order valence-corrected chi connectivity index (χ0v) is 19.5. The maximum absolute atomic E-state index is 13.6. The van der Waals surface area contributed by atoms with E-state index < -0.39 is 0 Å². The number of fused-ring (bicyclic) bond motifs is 3. The molecule has 5 heteroatoms.